The second-order valence-electron chi connectivity index (χ2n) is 5.95. The molecule has 10 nitrogen and oxygen atoms in total. The van der Waals surface area contributed by atoms with Crippen LogP contribution in [0.3, 0.4) is 0 Å². The van der Waals surface area contributed by atoms with Gasteiger partial charge in [-0.05, 0) is 30.5 Å². The van der Waals surface area contributed by atoms with E-state index in [1.165, 1.54) is 0 Å². The summed E-state index contributed by atoms with van der Waals surface area (Å²) in [4.78, 5) is 8.03. The number of nitrogens with zero attached hydrogens (tertiary/aromatic N) is 2. The molecule has 0 aliphatic carbocycles. The Morgan fingerprint density at radius 3 is 1.69 bits per heavy atom. The van der Waals surface area contributed by atoms with Crippen molar-refractivity contribution < 1.29 is 16.8 Å². The number of aromatic nitrogens is 2. The minimum absolute atomic E-state index is 0.0564. The van der Waals surface area contributed by atoms with E-state index in [4.69, 9.17) is 0 Å². The van der Waals surface area contributed by atoms with Gasteiger partial charge in [0, 0.05) is 17.6 Å². The van der Waals surface area contributed by atoms with Gasteiger partial charge >= 0.3 is 0 Å². The molecule has 0 unspecified atom stereocenters. The number of hydrogen-bond acceptors (Lipinski definition) is 6. The van der Waals surface area contributed by atoms with E-state index in [0.717, 1.165) is 10.8 Å². The van der Waals surface area contributed by atoms with Crippen LogP contribution in [0.15, 0.2) is 35.1 Å². The van der Waals surface area contributed by atoms with E-state index >= 15 is 0 Å². The Morgan fingerprint density at radius 1 is 0.828 bits per heavy atom. The molecule has 0 spiro atoms. The lowest BCUT2D eigenvalue weighted by molar-refractivity contribution is 0.584. The van der Waals surface area contributed by atoms with Crippen molar-refractivity contribution in [3.05, 3.63) is 35.1 Å². The second-order valence-corrected chi connectivity index (χ2v) is 9.87. The van der Waals surface area contributed by atoms with Crippen LogP contribution in [0.25, 0.3) is 11.1 Å². The molecule has 1 heterocycles. The molecule has 1 aromatic carbocycles. The summed E-state index contributed by atoms with van der Waals surface area (Å²) < 4.78 is 59.4. The number of halogens is 1. The Bertz CT molecular complexity index is 972. The van der Waals surface area contributed by atoms with Crippen molar-refractivity contribution in [1.29, 1.82) is 0 Å². The molecule has 0 bridgehead atoms. The van der Waals surface area contributed by atoms with Gasteiger partial charge in [-0.15, -0.1) is 0 Å². The van der Waals surface area contributed by atoms with Crippen LogP contribution in [0.5, 0.6) is 0 Å². The van der Waals surface area contributed by atoms with Crippen LogP contribution in [-0.2, 0) is 20.4 Å². The molecule has 2 aromatic rings. The van der Waals surface area contributed by atoms with Gasteiger partial charge in [0.1, 0.15) is 6.33 Å². The van der Waals surface area contributed by atoms with Gasteiger partial charge in [-0.1, -0.05) is 41.9 Å². The SMILES string of the molecule is CCCNS(=O)(=O)Nc1ncnc(NS(=O)(=O)NCCC)c1-c1ccc(Br)cc1. The highest BCUT2D eigenvalue weighted by Crippen LogP contribution is 2.33. The first-order chi connectivity index (χ1) is 13.7. The maximum Gasteiger partial charge on any atom is 0.300 e. The molecule has 13 heteroatoms. The van der Waals surface area contributed by atoms with Crippen molar-refractivity contribution in [3.8, 4) is 11.1 Å². The standard InChI is InChI=1S/C16H23BrN6O4S2/c1-3-9-20-28(24,25)22-15-14(12-5-7-13(17)8-6-12)16(19-11-18-15)23-29(26,27)21-10-4-2/h5-8,11,20-21H,3-4,9-10H2,1-2H3,(H2,18,19,22,23). The molecule has 0 aliphatic heterocycles. The van der Waals surface area contributed by atoms with Crippen molar-refractivity contribution >= 4 is 48.0 Å². The third kappa shape index (κ3) is 7.19. The Labute approximate surface area is 179 Å². The Balaban J connectivity index is 2.52. The maximum atomic E-state index is 12.3. The van der Waals surface area contributed by atoms with E-state index in [0.29, 0.717) is 18.4 Å². The molecule has 2 rings (SSSR count). The average Bonchev–Trinajstić information content (AvgIpc) is 2.65. The minimum atomic E-state index is -3.90. The summed E-state index contributed by atoms with van der Waals surface area (Å²) in [5.74, 6) is -0.113. The number of benzene rings is 1. The van der Waals surface area contributed by atoms with Crippen molar-refractivity contribution in [1.82, 2.24) is 19.4 Å². The lowest BCUT2D eigenvalue weighted by Crippen LogP contribution is -2.32. The highest BCUT2D eigenvalue weighted by atomic mass is 79.9. The van der Waals surface area contributed by atoms with Crippen LogP contribution in [0, 0.1) is 0 Å². The van der Waals surface area contributed by atoms with Crippen LogP contribution in [0.4, 0.5) is 11.6 Å². The molecule has 29 heavy (non-hydrogen) atoms. The molecule has 4 N–H and O–H groups in total. The first-order valence-corrected chi connectivity index (χ1v) is 12.6. The molecule has 160 valence electrons. The predicted molar refractivity (Wildman–Crippen MR) is 117 cm³/mol. The van der Waals surface area contributed by atoms with Crippen LogP contribution in [0.2, 0.25) is 0 Å². The zero-order chi connectivity index (χ0) is 21.5. The zero-order valence-electron chi connectivity index (χ0n) is 15.9. The lowest BCUT2D eigenvalue weighted by Gasteiger charge is -2.16. The molecular weight excluding hydrogens is 484 g/mol. The number of rotatable bonds is 11. The van der Waals surface area contributed by atoms with Gasteiger partial charge < -0.3 is 0 Å². The van der Waals surface area contributed by atoms with E-state index in [1.54, 1.807) is 24.3 Å². The fourth-order valence-corrected chi connectivity index (χ4v) is 4.40. The van der Waals surface area contributed by atoms with Gasteiger partial charge in [-0.25, -0.2) is 9.97 Å². The van der Waals surface area contributed by atoms with Gasteiger partial charge in [-0.3, -0.25) is 9.44 Å². The molecule has 0 fully saturated rings. The lowest BCUT2D eigenvalue weighted by atomic mass is 10.1. The van der Waals surface area contributed by atoms with Crippen molar-refractivity contribution in [2.45, 2.75) is 26.7 Å². The second kappa shape index (κ2) is 10.3. The van der Waals surface area contributed by atoms with Crippen molar-refractivity contribution in [3.63, 3.8) is 0 Å². The van der Waals surface area contributed by atoms with Gasteiger partial charge in [0.2, 0.25) is 0 Å². The third-order valence-corrected chi connectivity index (χ3v) is 6.15. The molecule has 0 aliphatic rings. The fraction of sp³-hybridized carbons (Fsp3) is 0.375. The van der Waals surface area contributed by atoms with E-state index < -0.39 is 20.4 Å². The Hall–Kier alpha value is -1.80. The molecule has 0 atom stereocenters. The topological polar surface area (TPSA) is 142 Å². The van der Waals surface area contributed by atoms with E-state index in [9.17, 15) is 16.8 Å². The summed E-state index contributed by atoms with van der Waals surface area (Å²) in [5.41, 5.74) is 0.721. The molecule has 0 saturated carbocycles. The van der Waals surface area contributed by atoms with Gasteiger partial charge in [0.15, 0.2) is 11.6 Å². The minimum Gasteiger partial charge on any atom is -0.254 e. The van der Waals surface area contributed by atoms with Crippen LogP contribution >= 0.6 is 15.9 Å². The van der Waals surface area contributed by atoms with Gasteiger partial charge in [-0.2, -0.15) is 26.3 Å². The first-order valence-electron chi connectivity index (χ1n) is 8.83. The van der Waals surface area contributed by atoms with E-state index in [-0.39, 0.29) is 30.3 Å². The van der Waals surface area contributed by atoms with Crippen molar-refractivity contribution in [2.75, 3.05) is 22.5 Å². The Morgan fingerprint density at radius 2 is 1.28 bits per heavy atom. The largest absolute Gasteiger partial charge is 0.300 e. The third-order valence-electron chi connectivity index (χ3n) is 3.53. The summed E-state index contributed by atoms with van der Waals surface area (Å²) in [5, 5.41) is 0. The quantitative estimate of drug-likeness (QED) is 0.368. The van der Waals surface area contributed by atoms with E-state index in [2.05, 4.69) is 44.8 Å². The van der Waals surface area contributed by atoms with Crippen molar-refractivity contribution in [2.24, 2.45) is 0 Å². The highest BCUT2D eigenvalue weighted by Gasteiger charge is 2.21. The smallest absolute Gasteiger partial charge is 0.254 e. The predicted octanol–water partition coefficient (Wildman–Crippen LogP) is 2.22. The van der Waals surface area contributed by atoms with E-state index in [1.807, 2.05) is 13.8 Å². The molecule has 0 amide bonds. The molecule has 0 radical (unpaired) electrons. The fourth-order valence-electron chi connectivity index (χ4n) is 2.23. The zero-order valence-corrected chi connectivity index (χ0v) is 19.2. The summed E-state index contributed by atoms with van der Waals surface area (Å²) in [7, 11) is -7.80. The normalized spacial score (nSPS) is 12.0. The summed E-state index contributed by atoms with van der Waals surface area (Å²) in [6.07, 6.45) is 2.30. The Kier molecular flexibility index (Phi) is 8.34. The molecule has 0 saturated heterocycles. The molecular formula is C16H23BrN6O4S2. The van der Waals surface area contributed by atoms with Gasteiger partial charge in [0.05, 0.1) is 5.56 Å². The number of hydrogen-bond donors (Lipinski definition) is 4. The number of nitrogens with one attached hydrogen (secondary N) is 4. The summed E-state index contributed by atoms with van der Waals surface area (Å²) in [6.45, 7) is 4.15. The summed E-state index contributed by atoms with van der Waals surface area (Å²) >= 11 is 3.34. The van der Waals surface area contributed by atoms with Crippen LogP contribution in [0.1, 0.15) is 26.7 Å². The maximum absolute atomic E-state index is 12.3. The number of anilines is 2. The van der Waals surface area contributed by atoms with Gasteiger partial charge in [0.25, 0.3) is 20.4 Å². The first kappa shape index (κ1) is 23.5. The summed E-state index contributed by atoms with van der Waals surface area (Å²) in [6, 6.07) is 6.86. The average molecular weight is 507 g/mol. The van der Waals surface area contributed by atoms with Crippen LogP contribution < -0.4 is 18.9 Å². The monoisotopic (exact) mass is 506 g/mol. The molecule has 1 aromatic heterocycles. The van der Waals surface area contributed by atoms with Crippen LogP contribution in [-0.4, -0.2) is 39.9 Å². The highest BCUT2D eigenvalue weighted by molar-refractivity contribution is 9.10.